The molecule has 1 aliphatic carbocycles. The summed E-state index contributed by atoms with van der Waals surface area (Å²) in [5.74, 6) is 0. The quantitative estimate of drug-likeness (QED) is 0.408. The van der Waals surface area contributed by atoms with E-state index in [4.69, 9.17) is 9.78 Å². The lowest BCUT2D eigenvalue weighted by molar-refractivity contribution is -0.292. The third-order valence-electron chi connectivity index (χ3n) is 3.04. The van der Waals surface area contributed by atoms with Crippen LogP contribution in [0.15, 0.2) is 11.1 Å². The van der Waals surface area contributed by atoms with Crippen molar-refractivity contribution in [1.82, 2.24) is 0 Å². The number of hydrogen-bond acceptors (Lipinski definition) is 2. The third kappa shape index (κ3) is 1.29. The molecule has 2 nitrogen and oxygen atoms in total. The Bertz CT molecular complexity index is 212. The van der Waals surface area contributed by atoms with E-state index in [1.165, 1.54) is 30.4 Å². The van der Waals surface area contributed by atoms with Crippen LogP contribution >= 0.6 is 0 Å². The van der Waals surface area contributed by atoms with Crippen LogP contribution in [0.1, 0.15) is 33.1 Å². The van der Waals surface area contributed by atoms with Gasteiger partial charge in [-0.05, 0) is 35.8 Å². The Morgan fingerprint density at radius 2 is 1.92 bits per heavy atom. The minimum atomic E-state index is 0.345. The maximum atomic E-state index is 5.02. The van der Waals surface area contributed by atoms with E-state index >= 15 is 0 Å². The zero-order valence-electron chi connectivity index (χ0n) is 7.85. The highest BCUT2D eigenvalue weighted by Crippen LogP contribution is 2.41. The van der Waals surface area contributed by atoms with E-state index in [0.717, 1.165) is 0 Å². The molecule has 0 radical (unpaired) electrons. The molecule has 0 aromatic rings. The first kappa shape index (κ1) is 8.27. The van der Waals surface area contributed by atoms with Crippen LogP contribution in [0.4, 0.5) is 0 Å². The molecule has 0 aromatic heterocycles. The summed E-state index contributed by atoms with van der Waals surface area (Å²) in [4.78, 5) is 9.99. The van der Waals surface area contributed by atoms with Crippen LogP contribution in [0.3, 0.4) is 0 Å². The molecular weight excluding hydrogens is 152 g/mol. The van der Waals surface area contributed by atoms with E-state index in [0.29, 0.717) is 18.6 Å². The molecular formula is C10H16O2. The van der Waals surface area contributed by atoms with Gasteiger partial charge in [-0.25, -0.2) is 9.78 Å². The first-order valence-corrected chi connectivity index (χ1v) is 4.66. The van der Waals surface area contributed by atoms with Gasteiger partial charge in [-0.1, -0.05) is 13.8 Å². The van der Waals surface area contributed by atoms with Crippen molar-refractivity contribution in [3.63, 3.8) is 0 Å². The highest BCUT2D eigenvalue weighted by Gasteiger charge is 2.31. The van der Waals surface area contributed by atoms with Crippen molar-refractivity contribution in [3.05, 3.63) is 11.1 Å². The fourth-order valence-electron chi connectivity index (χ4n) is 2.19. The van der Waals surface area contributed by atoms with Crippen molar-refractivity contribution >= 4 is 0 Å². The molecule has 0 saturated carbocycles. The van der Waals surface area contributed by atoms with Crippen molar-refractivity contribution < 1.29 is 9.78 Å². The standard InChI is InChI=1S/C10H16O2/c1-10(2)5-3-4-8-6-11-12-7-9(8)10/h3-7H2,1-2H3. The lowest BCUT2D eigenvalue weighted by atomic mass is 9.73. The smallest absolute Gasteiger partial charge is 0.104 e. The summed E-state index contributed by atoms with van der Waals surface area (Å²) in [6.07, 6.45) is 3.80. The van der Waals surface area contributed by atoms with Gasteiger partial charge >= 0.3 is 0 Å². The van der Waals surface area contributed by atoms with Gasteiger partial charge in [0.25, 0.3) is 0 Å². The van der Waals surface area contributed by atoms with Gasteiger partial charge in [-0.15, -0.1) is 0 Å². The summed E-state index contributed by atoms with van der Waals surface area (Å²) in [5.41, 5.74) is 3.31. The van der Waals surface area contributed by atoms with Gasteiger partial charge in [0.2, 0.25) is 0 Å². The average molecular weight is 168 g/mol. The second-order valence-corrected chi connectivity index (χ2v) is 4.34. The van der Waals surface area contributed by atoms with E-state index in [1.54, 1.807) is 0 Å². The Morgan fingerprint density at radius 1 is 1.17 bits per heavy atom. The fraction of sp³-hybridized carbons (Fsp3) is 0.800. The number of hydrogen-bond donors (Lipinski definition) is 0. The van der Waals surface area contributed by atoms with Crippen molar-refractivity contribution in [2.45, 2.75) is 33.1 Å². The molecule has 0 saturated heterocycles. The summed E-state index contributed by atoms with van der Waals surface area (Å²) >= 11 is 0. The van der Waals surface area contributed by atoms with Crippen LogP contribution in [0.5, 0.6) is 0 Å². The van der Waals surface area contributed by atoms with Crippen molar-refractivity contribution in [2.75, 3.05) is 13.2 Å². The van der Waals surface area contributed by atoms with Crippen molar-refractivity contribution in [2.24, 2.45) is 5.41 Å². The molecule has 0 amide bonds. The van der Waals surface area contributed by atoms with Gasteiger partial charge in [0.15, 0.2) is 0 Å². The fourth-order valence-corrected chi connectivity index (χ4v) is 2.19. The Balaban J connectivity index is 2.30. The van der Waals surface area contributed by atoms with E-state index in [2.05, 4.69) is 13.8 Å². The second kappa shape index (κ2) is 2.86. The minimum absolute atomic E-state index is 0.345. The SMILES string of the molecule is CC1(C)CCCC2=C1COOC2. The molecule has 2 heteroatoms. The summed E-state index contributed by atoms with van der Waals surface area (Å²) in [6, 6.07) is 0. The lowest BCUT2D eigenvalue weighted by Crippen LogP contribution is -2.28. The average Bonchev–Trinajstić information content (AvgIpc) is 2.04. The van der Waals surface area contributed by atoms with Gasteiger partial charge in [0.1, 0.15) is 13.2 Å². The van der Waals surface area contributed by atoms with E-state index in [1.807, 2.05) is 0 Å². The molecule has 0 bridgehead atoms. The van der Waals surface area contributed by atoms with Gasteiger partial charge in [-0.3, -0.25) is 0 Å². The maximum Gasteiger partial charge on any atom is 0.104 e. The molecule has 2 rings (SSSR count). The monoisotopic (exact) mass is 168 g/mol. The predicted molar refractivity (Wildman–Crippen MR) is 46.6 cm³/mol. The highest BCUT2D eigenvalue weighted by atomic mass is 17.2. The van der Waals surface area contributed by atoms with Crippen LogP contribution in [0.25, 0.3) is 0 Å². The predicted octanol–water partition coefficient (Wildman–Crippen LogP) is 2.45. The largest absolute Gasteiger partial charge is 0.232 e. The molecule has 0 atom stereocenters. The molecule has 2 aliphatic rings. The van der Waals surface area contributed by atoms with E-state index in [9.17, 15) is 0 Å². The van der Waals surface area contributed by atoms with E-state index < -0.39 is 0 Å². The summed E-state index contributed by atoms with van der Waals surface area (Å²) in [7, 11) is 0. The molecule has 1 aliphatic heterocycles. The molecule has 0 spiro atoms. The van der Waals surface area contributed by atoms with Crippen LogP contribution in [-0.4, -0.2) is 13.2 Å². The van der Waals surface area contributed by atoms with Crippen LogP contribution in [-0.2, 0) is 9.78 Å². The molecule has 68 valence electrons. The number of rotatable bonds is 0. The Hall–Kier alpha value is -0.340. The molecule has 0 N–H and O–H groups in total. The maximum absolute atomic E-state index is 5.02. The molecule has 1 heterocycles. The first-order valence-electron chi connectivity index (χ1n) is 4.66. The second-order valence-electron chi connectivity index (χ2n) is 4.34. The van der Waals surface area contributed by atoms with Gasteiger partial charge in [0, 0.05) is 0 Å². The minimum Gasteiger partial charge on any atom is -0.232 e. The lowest BCUT2D eigenvalue weighted by Gasteiger charge is -2.36. The van der Waals surface area contributed by atoms with Crippen LogP contribution < -0.4 is 0 Å². The molecule has 0 unspecified atom stereocenters. The van der Waals surface area contributed by atoms with E-state index in [-0.39, 0.29) is 0 Å². The first-order chi connectivity index (χ1) is 5.70. The molecule has 0 aromatic carbocycles. The van der Waals surface area contributed by atoms with Crippen LogP contribution in [0.2, 0.25) is 0 Å². The van der Waals surface area contributed by atoms with Gasteiger partial charge < -0.3 is 0 Å². The Kier molecular flexibility index (Phi) is 1.97. The Morgan fingerprint density at radius 3 is 2.67 bits per heavy atom. The van der Waals surface area contributed by atoms with Gasteiger partial charge in [-0.2, -0.15) is 0 Å². The Labute approximate surface area is 73.5 Å². The molecule has 12 heavy (non-hydrogen) atoms. The molecule has 0 fully saturated rings. The van der Waals surface area contributed by atoms with Crippen molar-refractivity contribution in [3.8, 4) is 0 Å². The third-order valence-corrected chi connectivity index (χ3v) is 3.04. The zero-order valence-corrected chi connectivity index (χ0v) is 7.85. The highest BCUT2D eigenvalue weighted by molar-refractivity contribution is 5.25. The van der Waals surface area contributed by atoms with Crippen molar-refractivity contribution in [1.29, 1.82) is 0 Å². The van der Waals surface area contributed by atoms with Gasteiger partial charge in [0.05, 0.1) is 0 Å². The zero-order chi connectivity index (χ0) is 8.60. The topological polar surface area (TPSA) is 18.5 Å². The normalized spacial score (nSPS) is 28.5. The summed E-state index contributed by atoms with van der Waals surface area (Å²) < 4.78 is 0. The summed E-state index contributed by atoms with van der Waals surface area (Å²) in [5, 5.41) is 0. The van der Waals surface area contributed by atoms with Crippen LogP contribution in [0, 0.1) is 5.41 Å². The summed E-state index contributed by atoms with van der Waals surface area (Å²) in [6.45, 7) is 5.98.